The van der Waals surface area contributed by atoms with Gasteiger partial charge in [0, 0.05) is 36.8 Å². The largest absolute Gasteiger partial charge is 0.356 e. The van der Waals surface area contributed by atoms with Crippen LogP contribution in [0.1, 0.15) is 29.3 Å². The van der Waals surface area contributed by atoms with Crippen LogP contribution in [0.5, 0.6) is 0 Å². The monoisotopic (exact) mass is 310 g/mol. The van der Waals surface area contributed by atoms with E-state index in [2.05, 4.69) is 21.0 Å². The van der Waals surface area contributed by atoms with Crippen molar-refractivity contribution in [3.63, 3.8) is 0 Å². The molecule has 0 N–H and O–H groups in total. The maximum atomic E-state index is 14.0. The molecule has 0 aliphatic carbocycles. The molecule has 1 fully saturated rings. The van der Waals surface area contributed by atoms with Crippen LogP contribution in [0.25, 0.3) is 5.65 Å². The molecule has 0 bridgehead atoms. The summed E-state index contributed by atoms with van der Waals surface area (Å²) < 4.78 is 15.9. The molecule has 1 aromatic carbocycles. The standard InChI is InChI=1S/C18H19FN4/c1-12-10-18(23-17(20-12)9-13(2)21-23)22-8-7-14(11-22)15-5-3-4-6-16(15)19/h3-6,9-10,14H,7-8,11H2,1-2H3. The van der Waals surface area contributed by atoms with Crippen LogP contribution in [0.15, 0.2) is 36.4 Å². The van der Waals surface area contributed by atoms with E-state index in [1.807, 2.05) is 36.6 Å². The van der Waals surface area contributed by atoms with Crippen LogP contribution in [0, 0.1) is 19.7 Å². The van der Waals surface area contributed by atoms with Gasteiger partial charge in [-0.25, -0.2) is 9.37 Å². The first-order valence-electron chi connectivity index (χ1n) is 7.95. The van der Waals surface area contributed by atoms with Gasteiger partial charge in [0.2, 0.25) is 0 Å². The van der Waals surface area contributed by atoms with E-state index in [-0.39, 0.29) is 11.7 Å². The molecule has 1 aliphatic rings. The molecule has 23 heavy (non-hydrogen) atoms. The van der Waals surface area contributed by atoms with E-state index in [4.69, 9.17) is 0 Å². The minimum absolute atomic E-state index is 0.106. The zero-order chi connectivity index (χ0) is 16.0. The highest BCUT2D eigenvalue weighted by Crippen LogP contribution is 2.32. The third kappa shape index (κ3) is 2.46. The minimum atomic E-state index is -0.106. The Balaban J connectivity index is 1.69. The van der Waals surface area contributed by atoms with E-state index in [9.17, 15) is 4.39 Å². The first-order valence-corrected chi connectivity index (χ1v) is 7.95. The SMILES string of the molecule is Cc1cc(N2CCC(c3ccccc3F)C2)n2nc(C)cc2n1. The van der Waals surface area contributed by atoms with E-state index < -0.39 is 0 Å². The molecule has 3 heterocycles. The molecule has 1 atom stereocenters. The Morgan fingerprint density at radius 3 is 2.78 bits per heavy atom. The number of rotatable bonds is 2. The number of nitrogens with zero attached hydrogens (tertiary/aromatic N) is 4. The Morgan fingerprint density at radius 2 is 1.96 bits per heavy atom. The number of hydrogen-bond acceptors (Lipinski definition) is 3. The molecule has 3 aromatic rings. The highest BCUT2D eigenvalue weighted by atomic mass is 19.1. The zero-order valence-corrected chi connectivity index (χ0v) is 13.3. The number of benzene rings is 1. The second-order valence-electron chi connectivity index (χ2n) is 6.26. The molecule has 0 saturated carbocycles. The van der Waals surface area contributed by atoms with Crippen LogP contribution in [0.2, 0.25) is 0 Å². The molecule has 4 rings (SSSR count). The Labute approximate surface area is 134 Å². The maximum Gasteiger partial charge on any atom is 0.157 e. The smallest absolute Gasteiger partial charge is 0.157 e. The average molecular weight is 310 g/mol. The molecule has 5 heteroatoms. The Hall–Kier alpha value is -2.43. The molecule has 0 spiro atoms. The van der Waals surface area contributed by atoms with E-state index in [0.29, 0.717) is 0 Å². The van der Waals surface area contributed by atoms with Gasteiger partial charge in [-0.1, -0.05) is 18.2 Å². The molecule has 1 unspecified atom stereocenters. The van der Waals surface area contributed by atoms with Crippen LogP contribution < -0.4 is 4.90 Å². The molecule has 1 aliphatic heterocycles. The summed E-state index contributed by atoms with van der Waals surface area (Å²) in [6, 6.07) is 11.1. The normalized spacial score (nSPS) is 18.0. The highest BCUT2D eigenvalue weighted by Gasteiger charge is 2.27. The molecule has 2 aromatic heterocycles. The summed E-state index contributed by atoms with van der Waals surface area (Å²) in [7, 11) is 0. The molecular weight excluding hydrogens is 291 g/mol. The van der Waals surface area contributed by atoms with Crippen molar-refractivity contribution >= 4 is 11.5 Å². The number of hydrogen-bond donors (Lipinski definition) is 0. The van der Waals surface area contributed by atoms with Gasteiger partial charge in [0.25, 0.3) is 0 Å². The summed E-state index contributed by atoms with van der Waals surface area (Å²) >= 11 is 0. The molecule has 1 saturated heterocycles. The van der Waals surface area contributed by atoms with Crippen LogP contribution >= 0.6 is 0 Å². The van der Waals surface area contributed by atoms with Crippen molar-refractivity contribution in [1.29, 1.82) is 0 Å². The van der Waals surface area contributed by atoms with Gasteiger partial charge in [0.15, 0.2) is 5.65 Å². The number of halogens is 1. The third-order valence-corrected chi connectivity index (χ3v) is 4.52. The number of anilines is 1. The Kier molecular flexibility index (Phi) is 3.29. The summed E-state index contributed by atoms with van der Waals surface area (Å²) in [5.74, 6) is 1.15. The van der Waals surface area contributed by atoms with Crippen LogP contribution in [0.4, 0.5) is 10.2 Å². The maximum absolute atomic E-state index is 14.0. The summed E-state index contributed by atoms with van der Waals surface area (Å²) in [6.07, 6.45) is 0.948. The third-order valence-electron chi connectivity index (χ3n) is 4.52. The fourth-order valence-corrected chi connectivity index (χ4v) is 3.45. The minimum Gasteiger partial charge on any atom is -0.356 e. The van der Waals surface area contributed by atoms with Crippen molar-refractivity contribution < 1.29 is 4.39 Å². The molecule has 4 nitrogen and oxygen atoms in total. The van der Waals surface area contributed by atoms with Gasteiger partial charge in [-0.05, 0) is 31.9 Å². The number of aromatic nitrogens is 3. The molecule has 0 radical (unpaired) electrons. The van der Waals surface area contributed by atoms with E-state index in [1.54, 1.807) is 12.1 Å². The molecule has 0 amide bonds. The van der Waals surface area contributed by atoms with Crippen LogP contribution in [-0.4, -0.2) is 27.7 Å². The van der Waals surface area contributed by atoms with Crippen molar-refractivity contribution in [2.75, 3.05) is 18.0 Å². The molecular formula is C18H19FN4. The summed E-state index contributed by atoms with van der Waals surface area (Å²) in [6.45, 7) is 5.67. The first-order chi connectivity index (χ1) is 11.1. The predicted octanol–water partition coefficient (Wildman–Crippen LogP) is 3.48. The lowest BCUT2D eigenvalue weighted by atomic mass is 9.98. The Bertz CT molecular complexity index is 871. The zero-order valence-electron chi connectivity index (χ0n) is 13.3. The van der Waals surface area contributed by atoms with Crippen molar-refractivity contribution in [2.45, 2.75) is 26.2 Å². The summed E-state index contributed by atoms with van der Waals surface area (Å²) in [5.41, 5.74) is 3.61. The first kappa shape index (κ1) is 14.2. The van der Waals surface area contributed by atoms with Gasteiger partial charge in [0.05, 0.1) is 5.69 Å². The van der Waals surface area contributed by atoms with Gasteiger partial charge < -0.3 is 4.90 Å². The van der Waals surface area contributed by atoms with Gasteiger partial charge in [-0.15, -0.1) is 0 Å². The lowest BCUT2D eigenvalue weighted by Gasteiger charge is -2.20. The van der Waals surface area contributed by atoms with E-state index >= 15 is 0 Å². The number of aryl methyl sites for hydroxylation is 2. The quantitative estimate of drug-likeness (QED) is 0.726. The van der Waals surface area contributed by atoms with Crippen LogP contribution in [-0.2, 0) is 0 Å². The van der Waals surface area contributed by atoms with Gasteiger partial charge in [-0.3, -0.25) is 0 Å². The van der Waals surface area contributed by atoms with Crippen LogP contribution in [0.3, 0.4) is 0 Å². The predicted molar refractivity (Wildman–Crippen MR) is 88.4 cm³/mol. The van der Waals surface area contributed by atoms with Crippen molar-refractivity contribution in [3.05, 3.63) is 59.2 Å². The van der Waals surface area contributed by atoms with Gasteiger partial charge >= 0.3 is 0 Å². The van der Waals surface area contributed by atoms with Gasteiger partial charge in [-0.2, -0.15) is 9.61 Å². The Morgan fingerprint density at radius 1 is 1.13 bits per heavy atom. The van der Waals surface area contributed by atoms with Crippen molar-refractivity contribution in [3.8, 4) is 0 Å². The highest BCUT2D eigenvalue weighted by molar-refractivity contribution is 5.53. The van der Waals surface area contributed by atoms with E-state index in [0.717, 1.165) is 47.9 Å². The fraction of sp³-hybridized carbons (Fsp3) is 0.333. The van der Waals surface area contributed by atoms with Crippen molar-refractivity contribution in [2.24, 2.45) is 0 Å². The van der Waals surface area contributed by atoms with E-state index in [1.165, 1.54) is 0 Å². The fourth-order valence-electron chi connectivity index (χ4n) is 3.45. The van der Waals surface area contributed by atoms with Crippen molar-refractivity contribution in [1.82, 2.24) is 14.6 Å². The molecule has 118 valence electrons. The lowest BCUT2D eigenvalue weighted by Crippen LogP contribution is -2.22. The number of fused-ring (bicyclic) bond motifs is 1. The van der Waals surface area contributed by atoms with Gasteiger partial charge in [0.1, 0.15) is 11.6 Å². The summed E-state index contributed by atoms with van der Waals surface area (Å²) in [5, 5.41) is 4.55. The average Bonchev–Trinajstić information content (AvgIpc) is 3.12. The second-order valence-corrected chi connectivity index (χ2v) is 6.26. The summed E-state index contributed by atoms with van der Waals surface area (Å²) in [4.78, 5) is 6.82. The second kappa shape index (κ2) is 5.33. The topological polar surface area (TPSA) is 33.4 Å². The lowest BCUT2D eigenvalue weighted by molar-refractivity contribution is 0.589.